The molecular formula is C40H25N5. The van der Waals surface area contributed by atoms with E-state index in [2.05, 4.69) is 102 Å². The van der Waals surface area contributed by atoms with E-state index in [4.69, 9.17) is 19.9 Å². The molecule has 3 heterocycles. The van der Waals surface area contributed by atoms with Crippen molar-refractivity contribution in [2.24, 2.45) is 0 Å². The monoisotopic (exact) mass is 575 g/mol. The van der Waals surface area contributed by atoms with Crippen LogP contribution in [0.1, 0.15) is 0 Å². The number of hydrogen-bond donors (Lipinski definition) is 0. The standard InChI is InChI=1S/C40H25N5/c1-2-13-28(14-3-1)38-42-39(30-22-21-26-11-4-5-15-29(26)25-30)44-40(43-38)33-18-10-20-36(41-33)45-34-19-9-8-17-32(34)37-31-16-7-6-12-27(31)23-24-35(37)45/h1-25H. The Labute approximate surface area is 259 Å². The van der Waals surface area contributed by atoms with Crippen molar-refractivity contribution >= 4 is 43.4 Å². The Morgan fingerprint density at radius 1 is 0.378 bits per heavy atom. The number of pyridine rings is 1. The van der Waals surface area contributed by atoms with Crippen LogP contribution in [0.4, 0.5) is 0 Å². The Kier molecular flexibility index (Phi) is 5.74. The van der Waals surface area contributed by atoms with Crippen LogP contribution in [0, 0.1) is 0 Å². The topological polar surface area (TPSA) is 56.5 Å². The molecule has 0 fully saturated rings. The second kappa shape index (κ2) is 10.2. The molecule has 6 aromatic carbocycles. The maximum atomic E-state index is 5.20. The smallest absolute Gasteiger partial charge is 0.182 e. The highest BCUT2D eigenvalue weighted by molar-refractivity contribution is 6.21. The molecule has 0 unspecified atom stereocenters. The van der Waals surface area contributed by atoms with Crippen LogP contribution in [0.2, 0.25) is 0 Å². The van der Waals surface area contributed by atoms with Gasteiger partial charge in [0.25, 0.3) is 0 Å². The van der Waals surface area contributed by atoms with Crippen molar-refractivity contribution in [3.05, 3.63) is 152 Å². The molecule has 0 saturated carbocycles. The largest absolute Gasteiger partial charge is 0.294 e. The molecule has 0 N–H and O–H groups in total. The van der Waals surface area contributed by atoms with E-state index in [9.17, 15) is 0 Å². The van der Waals surface area contributed by atoms with Crippen molar-refractivity contribution in [1.29, 1.82) is 0 Å². The maximum Gasteiger partial charge on any atom is 0.182 e. The van der Waals surface area contributed by atoms with Crippen molar-refractivity contribution < 1.29 is 0 Å². The fourth-order valence-corrected chi connectivity index (χ4v) is 6.32. The number of rotatable bonds is 4. The van der Waals surface area contributed by atoms with Crippen molar-refractivity contribution in [3.63, 3.8) is 0 Å². The minimum absolute atomic E-state index is 0.528. The number of nitrogens with zero attached hydrogens (tertiary/aromatic N) is 5. The lowest BCUT2D eigenvalue weighted by Crippen LogP contribution is -2.03. The lowest BCUT2D eigenvalue weighted by molar-refractivity contribution is 1.03. The molecule has 45 heavy (non-hydrogen) atoms. The van der Waals surface area contributed by atoms with Gasteiger partial charge in [0.2, 0.25) is 0 Å². The lowest BCUT2D eigenvalue weighted by atomic mass is 10.0. The molecule has 0 radical (unpaired) electrons. The summed E-state index contributed by atoms with van der Waals surface area (Å²) in [6.45, 7) is 0. The van der Waals surface area contributed by atoms with Gasteiger partial charge in [-0.2, -0.15) is 0 Å². The summed E-state index contributed by atoms with van der Waals surface area (Å²) < 4.78 is 2.24. The van der Waals surface area contributed by atoms with Gasteiger partial charge in [0, 0.05) is 21.9 Å². The van der Waals surface area contributed by atoms with E-state index in [0.29, 0.717) is 23.2 Å². The molecule has 0 bridgehead atoms. The van der Waals surface area contributed by atoms with Gasteiger partial charge in [-0.3, -0.25) is 4.57 Å². The first-order valence-electron chi connectivity index (χ1n) is 15.0. The number of aromatic nitrogens is 5. The Balaban J connectivity index is 1.26. The van der Waals surface area contributed by atoms with E-state index in [-0.39, 0.29) is 0 Å². The molecule has 0 aliphatic carbocycles. The van der Waals surface area contributed by atoms with Gasteiger partial charge in [0.1, 0.15) is 11.5 Å². The van der Waals surface area contributed by atoms with Crippen LogP contribution >= 0.6 is 0 Å². The van der Waals surface area contributed by atoms with Gasteiger partial charge in [-0.15, -0.1) is 0 Å². The quantitative estimate of drug-likeness (QED) is 0.210. The van der Waals surface area contributed by atoms with E-state index < -0.39 is 0 Å². The molecule has 0 spiro atoms. The summed E-state index contributed by atoms with van der Waals surface area (Å²) in [4.78, 5) is 20.1. The fourth-order valence-electron chi connectivity index (χ4n) is 6.32. The maximum absolute atomic E-state index is 5.20. The lowest BCUT2D eigenvalue weighted by Gasteiger charge is -2.11. The van der Waals surface area contributed by atoms with Crippen molar-refractivity contribution in [2.75, 3.05) is 0 Å². The van der Waals surface area contributed by atoms with Crippen LogP contribution in [0.5, 0.6) is 0 Å². The van der Waals surface area contributed by atoms with Crippen molar-refractivity contribution in [1.82, 2.24) is 24.5 Å². The summed E-state index contributed by atoms with van der Waals surface area (Å²) in [6, 6.07) is 52.2. The normalized spacial score (nSPS) is 11.6. The molecule has 9 aromatic rings. The Morgan fingerprint density at radius 2 is 1.04 bits per heavy atom. The van der Waals surface area contributed by atoms with Crippen LogP contribution < -0.4 is 0 Å². The molecule has 210 valence electrons. The summed E-state index contributed by atoms with van der Waals surface area (Å²) in [5.74, 6) is 2.56. The van der Waals surface area contributed by atoms with Crippen molar-refractivity contribution in [2.45, 2.75) is 0 Å². The highest BCUT2D eigenvalue weighted by atomic mass is 15.1. The number of hydrogen-bond acceptors (Lipinski definition) is 4. The Bertz CT molecular complexity index is 2550. The highest BCUT2D eigenvalue weighted by Crippen LogP contribution is 2.36. The predicted octanol–water partition coefficient (Wildman–Crippen LogP) is 9.67. The molecule has 0 atom stereocenters. The molecule has 0 saturated heterocycles. The zero-order valence-corrected chi connectivity index (χ0v) is 24.2. The average Bonchev–Trinajstić information content (AvgIpc) is 3.46. The average molecular weight is 576 g/mol. The molecular weight excluding hydrogens is 550 g/mol. The predicted molar refractivity (Wildman–Crippen MR) is 183 cm³/mol. The van der Waals surface area contributed by atoms with E-state index in [1.54, 1.807) is 0 Å². The molecule has 9 rings (SSSR count). The van der Waals surface area contributed by atoms with E-state index in [0.717, 1.165) is 33.4 Å². The van der Waals surface area contributed by atoms with Gasteiger partial charge >= 0.3 is 0 Å². The third-order valence-electron chi connectivity index (χ3n) is 8.43. The van der Waals surface area contributed by atoms with Gasteiger partial charge in [-0.1, -0.05) is 121 Å². The first kappa shape index (κ1) is 25.3. The van der Waals surface area contributed by atoms with Gasteiger partial charge in [-0.05, 0) is 51.9 Å². The van der Waals surface area contributed by atoms with Crippen LogP contribution in [-0.4, -0.2) is 24.5 Å². The van der Waals surface area contributed by atoms with Crippen LogP contribution in [0.3, 0.4) is 0 Å². The second-order valence-corrected chi connectivity index (χ2v) is 11.1. The summed E-state index contributed by atoms with van der Waals surface area (Å²) in [7, 11) is 0. The third kappa shape index (κ3) is 4.25. The number of benzene rings is 6. The van der Waals surface area contributed by atoms with Crippen LogP contribution in [-0.2, 0) is 0 Å². The second-order valence-electron chi connectivity index (χ2n) is 11.1. The molecule has 3 aromatic heterocycles. The first-order chi connectivity index (χ1) is 22.3. The fraction of sp³-hybridized carbons (Fsp3) is 0. The molecule has 0 aliphatic rings. The van der Waals surface area contributed by atoms with E-state index in [1.165, 1.54) is 26.9 Å². The summed E-state index contributed by atoms with van der Waals surface area (Å²) in [6.07, 6.45) is 0. The summed E-state index contributed by atoms with van der Waals surface area (Å²) in [5.41, 5.74) is 4.75. The zero-order valence-electron chi connectivity index (χ0n) is 24.2. The Morgan fingerprint density at radius 3 is 1.91 bits per heavy atom. The van der Waals surface area contributed by atoms with Gasteiger partial charge < -0.3 is 0 Å². The van der Waals surface area contributed by atoms with Gasteiger partial charge in [0.05, 0.1) is 11.0 Å². The molecule has 0 aliphatic heterocycles. The Hall–Kier alpha value is -6.20. The molecule has 5 heteroatoms. The SMILES string of the molecule is c1ccc(-c2nc(-c3ccc4ccccc4c3)nc(-c3cccc(-n4c5ccccc5c5c6ccccc6ccc54)n3)n2)cc1. The van der Waals surface area contributed by atoms with E-state index in [1.807, 2.05) is 54.6 Å². The van der Waals surface area contributed by atoms with Gasteiger partial charge in [0.15, 0.2) is 17.5 Å². The third-order valence-corrected chi connectivity index (χ3v) is 8.43. The van der Waals surface area contributed by atoms with Gasteiger partial charge in [-0.25, -0.2) is 19.9 Å². The summed E-state index contributed by atoms with van der Waals surface area (Å²) >= 11 is 0. The van der Waals surface area contributed by atoms with Crippen molar-refractivity contribution in [3.8, 4) is 40.1 Å². The highest BCUT2D eigenvalue weighted by Gasteiger charge is 2.18. The minimum Gasteiger partial charge on any atom is -0.294 e. The van der Waals surface area contributed by atoms with E-state index >= 15 is 0 Å². The van der Waals surface area contributed by atoms with Crippen LogP contribution in [0.15, 0.2) is 152 Å². The molecule has 5 nitrogen and oxygen atoms in total. The zero-order chi connectivity index (χ0) is 29.7. The summed E-state index contributed by atoms with van der Waals surface area (Å²) in [5, 5.41) is 7.17. The molecule has 0 amide bonds. The van der Waals surface area contributed by atoms with Crippen LogP contribution in [0.25, 0.3) is 83.5 Å². The minimum atomic E-state index is 0.528. The first-order valence-corrected chi connectivity index (χ1v) is 15.0. The number of para-hydroxylation sites is 1. The number of fused-ring (bicyclic) bond motifs is 6.